The molecule has 1 aliphatic rings. The molecule has 0 spiro atoms. The second kappa shape index (κ2) is 2.69. The SMILES string of the molecule is OB1OB(O)OB(O)O1. The summed E-state index contributed by atoms with van der Waals surface area (Å²) in [4.78, 5) is 0. The Bertz CT molecular complexity index is 69.3. The van der Waals surface area contributed by atoms with E-state index in [1.54, 1.807) is 0 Å². The van der Waals surface area contributed by atoms with Crippen LogP contribution in [0.25, 0.3) is 0 Å². The Hall–Kier alpha value is -0.0452. The van der Waals surface area contributed by atoms with Crippen molar-refractivity contribution in [3.05, 3.63) is 0 Å². The molecule has 1 aliphatic heterocycles. The maximum atomic E-state index is 8.41. The Morgan fingerprint density at radius 2 is 0.889 bits per heavy atom. The fourth-order valence-electron chi connectivity index (χ4n) is 0.395. The van der Waals surface area contributed by atoms with Crippen LogP contribution < -0.4 is 0 Å². The molecule has 1 fully saturated rings. The molecule has 0 bridgehead atoms. The number of rotatable bonds is 0. The molecule has 3 N–H and O–H groups in total. The van der Waals surface area contributed by atoms with Crippen LogP contribution in [0, 0.1) is 0 Å². The third kappa shape index (κ3) is 1.97. The van der Waals surface area contributed by atoms with Gasteiger partial charge in [0.05, 0.1) is 0 Å². The predicted molar refractivity (Wildman–Crippen MR) is 27.2 cm³/mol. The first-order valence-corrected chi connectivity index (χ1v) is 2.19. The summed E-state index contributed by atoms with van der Waals surface area (Å²) in [6, 6.07) is 0. The van der Waals surface area contributed by atoms with Crippen LogP contribution in [0.2, 0.25) is 0 Å². The standard InChI is InChI=1S/B3H3O6/c4-1-7-2(5)9-3(6)8-1/h4-6H. The van der Waals surface area contributed by atoms with Crippen LogP contribution in [0.4, 0.5) is 0 Å². The van der Waals surface area contributed by atoms with Crippen LogP contribution in [0.5, 0.6) is 0 Å². The van der Waals surface area contributed by atoms with Gasteiger partial charge in [0, 0.05) is 0 Å². The summed E-state index contributed by atoms with van der Waals surface area (Å²) < 4.78 is 12.2. The van der Waals surface area contributed by atoms with Crippen molar-refractivity contribution in [2.24, 2.45) is 0 Å². The van der Waals surface area contributed by atoms with Gasteiger partial charge in [0.1, 0.15) is 0 Å². The highest BCUT2D eigenvalue weighted by Crippen LogP contribution is 2.00. The Kier molecular flexibility index (Phi) is 2.11. The Labute approximate surface area is 51.9 Å². The van der Waals surface area contributed by atoms with Gasteiger partial charge in [0.25, 0.3) is 0 Å². The molecule has 0 radical (unpaired) electrons. The summed E-state index contributed by atoms with van der Waals surface area (Å²) in [5.41, 5.74) is 0. The molecule has 0 atom stereocenters. The van der Waals surface area contributed by atoms with Crippen molar-refractivity contribution in [2.45, 2.75) is 0 Å². The molecule has 6 nitrogen and oxygen atoms in total. The zero-order chi connectivity index (χ0) is 6.85. The fourth-order valence-corrected chi connectivity index (χ4v) is 0.395. The monoisotopic (exact) mass is 132 g/mol. The van der Waals surface area contributed by atoms with E-state index in [1.807, 2.05) is 0 Å². The molecule has 1 rings (SSSR count). The summed E-state index contributed by atoms with van der Waals surface area (Å²) in [6.07, 6.45) is 0. The molecule has 0 aromatic carbocycles. The third-order valence-corrected chi connectivity index (χ3v) is 0.698. The molecule has 9 heteroatoms. The third-order valence-electron chi connectivity index (χ3n) is 0.698. The lowest BCUT2D eigenvalue weighted by Crippen LogP contribution is -2.49. The van der Waals surface area contributed by atoms with Crippen LogP contribution in [0.1, 0.15) is 0 Å². The van der Waals surface area contributed by atoms with Gasteiger partial charge in [-0.2, -0.15) is 0 Å². The van der Waals surface area contributed by atoms with Crippen LogP contribution in [-0.2, 0) is 13.7 Å². The van der Waals surface area contributed by atoms with E-state index >= 15 is 0 Å². The summed E-state index contributed by atoms with van der Waals surface area (Å²) in [6.45, 7) is 0. The van der Waals surface area contributed by atoms with E-state index in [-0.39, 0.29) is 0 Å². The lowest BCUT2D eigenvalue weighted by Gasteiger charge is -2.19. The van der Waals surface area contributed by atoms with Gasteiger partial charge >= 0.3 is 22.0 Å². The molecule has 48 valence electrons. The Morgan fingerprint density at radius 3 is 1.11 bits per heavy atom. The molecule has 0 amide bonds. The largest absolute Gasteiger partial charge is 0.612 e. The highest BCUT2D eigenvalue weighted by atomic mass is 16.8. The topological polar surface area (TPSA) is 88.4 Å². The van der Waals surface area contributed by atoms with E-state index in [2.05, 4.69) is 13.7 Å². The zero-order valence-corrected chi connectivity index (χ0v) is 4.30. The lowest BCUT2D eigenvalue weighted by atomic mass is 9.98. The Morgan fingerprint density at radius 1 is 0.667 bits per heavy atom. The predicted octanol–water partition coefficient (Wildman–Crippen LogP) is -3.02. The highest BCUT2D eigenvalue weighted by Gasteiger charge is 2.40. The summed E-state index contributed by atoms with van der Waals surface area (Å²) in [5, 5.41) is 25.2. The molecule has 1 heterocycles. The van der Waals surface area contributed by atoms with Gasteiger partial charge in [-0.25, -0.2) is 0 Å². The maximum absolute atomic E-state index is 8.41. The minimum absolute atomic E-state index is 1.64. The van der Waals surface area contributed by atoms with Crippen molar-refractivity contribution in [1.29, 1.82) is 0 Å². The first kappa shape index (κ1) is 7.07. The van der Waals surface area contributed by atoms with Gasteiger partial charge in [0.15, 0.2) is 0 Å². The molecular formula is H3B3O6. The quantitative estimate of drug-likeness (QED) is 0.303. The van der Waals surface area contributed by atoms with Gasteiger partial charge < -0.3 is 28.8 Å². The lowest BCUT2D eigenvalue weighted by molar-refractivity contribution is 0.132. The maximum Gasteiger partial charge on any atom is 0.612 e. The summed E-state index contributed by atoms with van der Waals surface area (Å²) >= 11 is 0. The summed E-state index contributed by atoms with van der Waals surface area (Å²) in [7, 11) is -4.91. The van der Waals surface area contributed by atoms with Crippen molar-refractivity contribution in [2.75, 3.05) is 0 Å². The molecule has 1 saturated heterocycles. The van der Waals surface area contributed by atoms with Gasteiger partial charge in [0.2, 0.25) is 0 Å². The molecule has 9 heavy (non-hydrogen) atoms. The van der Waals surface area contributed by atoms with Crippen LogP contribution in [-0.4, -0.2) is 37.0 Å². The normalized spacial score (nSPS) is 21.0. The van der Waals surface area contributed by atoms with E-state index in [4.69, 9.17) is 15.1 Å². The second-order valence-electron chi connectivity index (χ2n) is 1.33. The number of hydrogen-bond acceptors (Lipinski definition) is 6. The van der Waals surface area contributed by atoms with Crippen molar-refractivity contribution in [3.8, 4) is 0 Å². The second-order valence-corrected chi connectivity index (χ2v) is 1.33. The molecule has 0 aromatic heterocycles. The fraction of sp³-hybridized carbons (Fsp3) is 0. The van der Waals surface area contributed by atoms with Gasteiger partial charge in [-0.15, -0.1) is 0 Å². The Balaban J connectivity index is 2.34. The van der Waals surface area contributed by atoms with E-state index < -0.39 is 22.0 Å². The smallest absolute Gasteiger partial charge is 0.403 e. The van der Waals surface area contributed by atoms with Crippen molar-refractivity contribution < 1.29 is 28.8 Å². The zero-order valence-electron chi connectivity index (χ0n) is 4.30. The molecule has 0 unspecified atom stereocenters. The average Bonchev–Trinajstić information content (AvgIpc) is 1.59. The van der Waals surface area contributed by atoms with Crippen molar-refractivity contribution in [3.63, 3.8) is 0 Å². The molecular weight excluding hydrogens is 128 g/mol. The first-order chi connectivity index (χ1) is 4.18. The van der Waals surface area contributed by atoms with Crippen LogP contribution in [0.3, 0.4) is 0 Å². The van der Waals surface area contributed by atoms with E-state index in [0.717, 1.165) is 0 Å². The van der Waals surface area contributed by atoms with Crippen molar-refractivity contribution in [1.82, 2.24) is 0 Å². The van der Waals surface area contributed by atoms with Crippen LogP contribution >= 0.6 is 0 Å². The molecule has 0 aromatic rings. The van der Waals surface area contributed by atoms with Crippen LogP contribution in [0.15, 0.2) is 0 Å². The van der Waals surface area contributed by atoms with Gasteiger partial charge in [-0.3, -0.25) is 0 Å². The van der Waals surface area contributed by atoms with Gasteiger partial charge in [-0.1, -0.05) is 0 Å². The summed E-state index contributed by atoms with van der Waals surface area (Å²) in [5.74, 6) is 0. The first-order valence-electron chi connectivity index (χ1n) is 2.19. The highest BCUT2D eigenvalue weighted by molar-refractivity contribution is 6.65. The molecule has 0 aliphatic carbocycles. The van der Waals surface area contributed by atoms with Crippen molar-refractivity contribution >= 4 is 22.0 Å². The minimum atomic E-state index is -1.64. The minimum Gasteiger partial charge on any atom is -0.403 e. The van der Waals surface area contributed by atoms with E-state index in [0.29, 0.717) is 0 Å². The number of hydrogen-bond donors (Lipinski definition) is 3. The van der Waals surface area contributed by atoms with Gasteiger partial charge in [-0.05, 0) is 0 Å². The van der Waals surface area contributed by atoms with E-state index in [1.165, 1.54) is 0 Å². The van der Waals surface area contributed by atoms with E-state index in [9.17, 15) is 0 Å². The average molecular weight is 131 g/mol. The molecule has 0 saturated carbocycles.